The largest absolute Gasteiger partial charge is 0.473 e. The highest BCUT2D eigenvalue weighted by Crippen LogP contribution is 2.47. The molecule has 3 aromatic heterocycles. The maximum Gasteiger partial charge on any atom is 0.217 e. The van der Waals surface area contributed by atoms with E-state index in [0.717, 1.165) is 62.8 Å². The summed E-state index contributed by atoms with van der Waals surface area (Å²) in [5, 5.41) is 13.1. The average Bonchev–Trinajstić information content (AvgIpc) is 3.61. The van der Waals surface area contributed by atoms with Crippen LogP contribution in [-0.2, 0) is 23.7 Å². The van der Waals surface area contributed by atoms with Gasteiger partial charge in [-0.2, -0.15) is 20.0 Å². The molecule has 10 nitrogen and oxygen atoms in total. The molecule has 0 N–H and O–H groups in total. The Kier molecular flexibility index (Phi) is 5.86. The average molecular weight is 492 g/mol. The van der Waals surface area contributed by atoms with Crippen molar-refractivity contribution in [3.63, 3.8) is 0 Å². The van der Waals surface area contributed by atoms with E-state index in [9.17, 15) is 4.79 Å². The molecule has 0 amide bonds. The Labute approximate surface area is 210 Å². The number of aryl methyl sites for hydroxylation is 1. The molecular weight excluding hydrogens is 458 g/mol. The molecule has 6 rings (SSSR count). The lowest BCUT2D eigenvalue weighted by atomic mass is 9.64. The third-order valence-electron chi connectivity index (χ3n) is 8.25. The van der Waals surface area contributed by atoms with Crippen LogP contribution in [0.1, 0.15) is 69.6 Å². The van der Waals surface area contributed by atoms with Crippen molar-refractivity contribution in [1.29, 1.82) is 0 Å². The molecule has 3 atom stereocenters. The number of nitrogens with zero attached hydrogens (tertiary/aromatic N) is 7. The molecule has 1 saturated carbocycles. The SMILES string of the molecule is C[C@H](Oc1cc(-c2cnn(C)n2)nc(-c2noc3c2CCC[C@@]32CCCCC2=O)n1)[C@@H]1CCCN1C. The number of aromatic nitrogens is 6. The van der Waals surface area contributed by atoms with Crippen LogP contribution in [0.25, 0.3) is 22.9 Å². The van der Waals surface area contributed by atoms with Crippen LogP contribution in [-0.4, -0.2) is 66.5 Å². The van der Waals surface area contributed by atoms with E-state index in [1.807, 2.05) is 6.07 Å². The highest BCUT2D eigenvalue weighted by Gasteiger charge is 2.48. The Morgan fingerprint density at radius 1 is 1.11 bits per heavy atom. The van der Waals surface area contributed by atoms with E-state index < -0.39 is 5.41 Å². The van der Waals surface area contributed by atoms with Crippen molar-refractivity contribution in [2.75, 3.05) is 13.6 Å². The van der Waals surface area contributed by atoms with Crippen LogP contribution < -0.4 is 4.74 Å². The van der Waals surface area contributed by atoms with Gasteiger partial charge in [0.1, 0.15) is 23.3 Å². The molecule has 1 saturated heterocycles. The third kappa shape index (κ3) is 3.91. The normalized spacial score (nSPS) is 25.3. The van der Waals surface area contributed by atoms with Gasteiger partial charge in [0.05, 0.1) is 11.6 Å². The zero-order valence-corrected chi connectivity index (χ0v) is 21.2. The van der Waals surface area contributed by atoms with Crippen molar-refractivity contribution in [1.82, 2.24) is 35.0 Å². The van der Waals surface area contributed by atoms with Crippen LogP contribution in [0, 0.1) is 0 Å². The minimum atomic E-state index is -0.541. The molecule has 1 aliphatic heterocycles. The van der Waals surface area contributed by atoms with Crippen molar-refractivity contribution in [2.45, 2.75) is 82.3 Å². The van der Waals surface area contributed by atoms with Crippen LogP contribution in [0.15, 0.2) is 16.8 Å². The number of hydrogen-bond acceptors (Lipinski definition) is 9. The summed E-state index contributed by atoms with van der Waals surface area (Å²) in [5.74, 6) is 1.92. The number of fused-ring (bicyclic) bond motifs is 2. The number of likely N-dealkylation sites (tertiary alicyclic amines) is 1. The van der Waals surface area contributed by atoms with E-state index in [4.69, 9.17) is 19.2 Å². The predicted molar refractivity (Wildman–Crippen MR) is 131 cm³/mol. The first kappa shape index (κ1) is 23.3. The molecule has 3 aromatic rings. The summed E-state index contributed by atoms with van der Waals surface area (Å²) in [4.78, 5) is 26.5. The van der Waals surface area contributed by atoms with E-state index in [1.54, 1.807) is 13.2 Å². The predicted octanol–water partition coefficient (Wildman–Crippen LogP) is 3.51. The molecule has 2 fully saturated rings. The van der Waals surface area contributed by atoms with Gasteiger partial charge in [-0.05, 0) is 65.5 Å². The fourth-order valence-corrected chi connectivity index (χ4v) is 6.35. The smallest absolute Gasteiger partial charge is 0.217 e. The highest BCUT2D eigenvalue weighted by molar-refractivity contribution is 5.91. The lowest BCUT2D eigenvalue weighted by molar-refractivity contribution is -0.128. The number of ether oxygens (including phenoxy) is 1. The van der Waals surface area contributed by atoms with Crippen LogP contribution in [0.5, 0.6) is 5.88 Å². The highest BCUT2D eigenvalue weighted by atomic mass is 16.5. The topological polar surface area (TPSA) is 112 Å². The maximum absolute atomic E-state index is 13.1. The number of carbonyl (C=O) groups is 1. The van der Waals surface area contributed by atoms with Crippen molar-refractivity contribution >= 4 is 5.78 Å². The molecule has 0 aromatic carbocycles. The van der Waals surface area contributed by atoms with Gasteiger partial charge in [-0.15, -0.1) is 0 Å². The molecule has 0 radical (unpaired) electrons. The summed E-state index contributed by atoms with van der Waals surface area (Å²) in [5.41, 5.74) is 2.27. The van der Waals surface area contributed by atoms with Gasteiger partial charge < -0.3 is 9.26 Å². The number of carbonyl (C=O) groups excluding carboxylic acids is 1. The van der Waals surface area contributed by atoms with Gasteiger partial charge in [-0.3, -0.25) is 9.69 Å². The summed E-state index contributed by atoms with van der Waals surface area (Å²) in [6.45, 7) is 3.16. The molecule has 4 heterocycles. The fourth-order valence-electron chi connectivity index (χ4n) is 6.35. The lowest BCUT2D eigenvalue weighted by Gasteiger charge is -2.36. The van der Waals surface area contributed by atoms with Crippen LogP contribution in [0.3, 0.4) is 0 Å². The molecule has 0 bridgehead atoms. The van der Waals surface area contributed by atoms with Gasteiger partial charge in [0.15, 0.2) is 17.3 Å². The van der Waals surface area contributed by atoms with Gasteiger partial charge in [0.25, 0.3) is 0 Å². The second-order valence-corrected chi connectivity index (χ2v) is 10.6. The monoisotopic (exact) mass is 491 g/mol. The maximum atomic E-state index is 13.1. The first-order chi connectivity index (χ1) is 17.4. The van der Waals surface area contributed by atoms with Gasteiger partial charge >= 0.3 is 0 Å². The minimum Gasteiger partial charge on any atom is -0.473 e. The Morgan fingerprint density at radius 3 is 2.72 bits per heavy atom. The molecule has 3 aliphatic rings. The number of hydrogen-bond donors (Lipinski definition) is 0. The molecule has 36 heavy (non-hydrogen) atoms. The van der Waals surface area contributed by atoms with E-state index >= 15 is 0 Å². The summed E-state index contributed by atoms with van der Waals surface area (Å²) in [7, 11) is 3.91. The molecule has 0 unspecified atom stereocenters. The Morgan fingerprint density at radius 2 is 1.97 bits per heavy atom. The molecule has 1 spiro atoms. The summed E-state index contributed by atoms with van der Waals surface area (Å²) < 4.78 is 12.3. The lowest BCUT2D eigenvalue weighted by Crippen LogP contribution is -2.41. The van der Waals surface area contributed by atoms with Crippen molar-refractivity contribution in [3.8, 4) is 28.8 Å². The zero-order valence-electron chi connectivity index (χ0n) is 21.2. The second-order valence-electron chi connectivity index (χ2n) is 10.6. The number of ketones is 1. The standard InChI is InChI=1S/C26H33N7O3/c1-16(20-9-7-13-32(20)2)35-22-14-18(19-15-27-33(3)30-19)28-25(29-22)23-17-8-6-12-26(24(17)36-31-23)11-5-4-10-21(26)34/h14-16,20H,4-13H2,1-3H3/t16-,20-,26+/m0/s1. The van der Waals surface area contributed by atoms with Gasteiger partial charge in [-0.1, -0.05) is 11.6 Å². The number of rotatable bonds is 5. The van der Waals surface area contributed by atoms with E-state index in [0.29, 0.717) is 41.2 Å². The number of Topliss-reactive ketones (excluding diaryl/α,β-unsaturated/α-hetero) is 1. The van der Waals surface area contributed by atoms with Crippen molar-refractivity contribution < 1.29 is 14.1 Å². The quantitative estimate of drug-likeness (QED) is 0.529. The Hall–Kier alpha value is -3.14. The zero-order chi connectivity index (χ0) is 24.9. The second kappa shape index (κ2) is 9.06. The van der Waals surface area contributed by atoms with Crippen LogP contribution in [0.2, 0.25) is 0 Å². The Bertz CT molecular complexity index is 1280. The molecule has 2 aliphatic carbocycles. The van der Waals surface area contributed by atoms with E-state index in [2.05, 4.69) is 34.2 Å². The van der Waals surface area contributed by atoms with E-state index in [-0.39, 0.29) is 11.9 Å². The van der Waals surface area contributed by atoms with E-state index in [1.165, 1.54) is 11.2 Å². The first-order valence-corrected chi connectivity index (χ1v) is 13.1. The van der Waals surface area contributed by atoms with Gasteiger partial charge in [0.2, 0.25) is 5.88 Å². The summed E-state index contributed by atoms with van der Waals surface area (Å²) >= 11 is 0. The van der Waals surface area contributed by atoms with Crippen LogP contribution in [0.4, 0.5) is 0 Å². The van der Waals surface area contributed by atoms with Crippen molar-refractivity contribution in [2.24, 2.45) is 7.05 Å². The first-order valence-electron chi connectivity index (χ1n) is 13.1. The Balaban J connectivity index is 1.41. The number of likely N-dealkylation sites (N-methyl/N-ethyl adjacent to an activating group) is 1. The van der Waals surface area contributed by atoms with Crippen molar-refractivity contribution in [3.05, 3.63) is 23.6 Å². The third-order valence-corrected chi connectivity index (χ3v) is 8.25. The van der Waals surface area contributed by atoms with Crippen LogP contribution >= 0.6 is 0 Å². The molecule has 190 valence electrons. The summed E-state index contributed by atoms with van der Waals surface area (Å²) in [6.07, 6.45) is 9.87. The fraction of sp³-hybridized carbons (Fsp3) is 0.615. The summed E-state index contributed by atoms with van der Waals surface area (Å²) in [6, 6.07) is 2.15. The minimum absolute atomic E-state index is 0.0377. The molecule has 10 heteroatoms. The molecular formula is C26H33N7O3. The van der Waals surface area contributed by atoms with Gasteiger partial charge in [-0.25, -0.2) is 4.98 Å². The van der Waals surface area contributed by atoms with Gasteiger partial charge in [0, 0.05) is 31.1 Å².